The highest BCUT2D eigenvalue weighted by Crippen LogP contribution is 2.42. The summed E-state index contributed by atoms with van der Waals surface area (Å²) < 4.78 is 0. The minimum atomic E-state index is 0.502. The number of nitrogens with two attached hydrogens (primary N) is 1. The number of aryl methyl sites for hydroxylation is 1. The third-order valence-corrected chi connectivity index (χ3v) is 3.30. The van der Waals surface area contributed by atoms with Crippen molar-refractivity contribution in [3.05, 3.63) is 15.6 Å². The highest BCUT2D eigenvalue weighted by molar-refractivity contribution is 7.81. The molecule has 1 heterocycles. The van der Waals surface area contributed by atoms with Gasteiger partial charge >= 0.3 is 0 Å². The molecule has 0 bridgehead atoms. The molecule has 2 nitrogen and oxygen atoms in total. The van der Waals surface area contributed by atoms with Crippen LogP contribution in [0.2, 0.25) is 0 Å². The maximum absolute atomic E-state index is 5.60. The molecule has 0 spiro atoms. The van der Waals surface area contributed by atoms with Crippen LogP contribution in [0.1, 0.15) is 34.3 Å². The Balaban J connectivity index is 2.43. The van der Waals surface area contributed by atoms with E-state index in [1.807, 2.05) is 6.92 Å². The van der Waals surface area contributed by atoms with Gasteiger partial charge in [-0.25, -0.2) is 4.98 Å². The Bertz CT molecular complexity index is 326. The van der Waals surface area contributed by atoms with Crippen LogP contribution in [-0.2, 0) is 0 Å². The summed E-state index contributed by atoms with van der Waals surface area (Å²) in [6.45, 7) is 2.00. The lowest BCUT2D eigenvalue weighted by Crippen LogP contribution is -2.09. The summed E-state index contributed by atoms with van der Waals surface area (Å²) in [7, 11) is 0. The largest absolute Gasteiger partial charge is 0.389 e. The molecule has 1 aliphatic rings. The fourth-order valence-corrected chi connectivity index (χ4v) is 2.34. The van der Waals surface area contributed by atoms with Gasteiger partial charge in [0.15, 0.2) is 0 Å². The van der Waals surface area contributed by atoms with Gasteiger partial charge in [0.1, 0.15) is 4.99 Å². The Morgan fingerprint density at radius 2 is 2.33 bits per heavy atom. The molecule has 2 rings (SSSR count). The van der Waals surface area contributed by atoms with Gasteiger partial charge in [-0.2, -0.15) is 0 Å². The van der Waals surface area contributed by atoms with Crippen molar-refractivity contribution in [2.24, 2.45) is 5.73 Å². The van der Waals surface area contributed by atoms with Gasteiger partial charge in [-0.15, -0.1) is 11.3 Å². The molecular weight excluding hydrogens is 188 g/mol. The van der Waals surface area contributed by atoms with Crippen molar-refractivity contribution in [2.45, 2.75) is 25.7 Å². The SMILES string of the molecule is Cc1nc(C2CC2)c(C(N)=S)s1. The minimum Gasteiger partial charge on any atom is -0.389 e. The number of hydrogen-bond donors (Lipinski definition) is 1. The van der Waals surface area contributed by atoms with Gasteiger partial charge in [0.05, 0.1) is 15.6 Å². The van der Waals surface area contributed by atoms with Crippen LogP contribution >= 0.6 is 23.6 Å². The van der Waals surface area contributed by atoms with Gasteiger partial charge in [-0.1, -0.05) is 12.2 Å². The number of nitrogens with zero attached hydrogens (tertiary/aromatic N) is 1. The number of rotatable bonds is 2. The normalized spacial score (nSPS) is 16.4. The van der Waals surface area contributed by atoms with E-state index in [1.54, 1.807) is 11.3 Å². The lowest BCUT2D eigenvalue weighted by molar-refractivity contribution is 1.03. The van der Waals surface area contributed by atoms with Crippen LogP contribution in [0.3, 0.4) is 0 Å². The maximum Gasteiger partial charge on any atom is 0.116 e. The lowest BCUT2D eigenvalue weighted by atomic mass is 10.2. The van der Waals surface area contributed by atoms with Crippen molar-refractivity contribution in [3.63, 3.8) is 0 Å². The molecule has 0 atom stereocenters. The first kappa shape index (κ1) is 8.13. The van der Waals surface area contributed by atoms with E-state index in [0.717, 1.165) is 15.6 Å². The zero-order chi connectivity index (χ0) is 8.72. The van der Waals surface area contributed by atoms with Crippen LogP contribution in [0.25, 0.3) is 0 Å². The first-order chi connectivity index (χ1) is 5.68. The number of aromatic nitrogens is 1. The van der Waals surface area contributed by atoms with Crippen LogP contribution < -0.4 is 5.73 Å². The Morgan fingerprint density at radius 3 is 2.83 bits per heavy atom. The summed E-state index contributed by atoms with van der Waals surface area (Å²) in [6.07, 6.45) is 2.50. The summed E-state index contributed by atoms with van der Waals surface area (Å²) in [4.78, 5) is 5.98. The van der Waals surface area contributed by atoms with E-state index in [1.165, 1.54) is 12.8 Å². The Labute approximate surface area is 80.8 Å². The molecule has 1 fully saturated rings. The predicted molar refractivity (Wildman–Crippen MR) is 54.7 cm³/mol. The van der Waals surface area contributed by atoms with E-state index >= 15 is 0 Å². The second kappa shape index (κ2) is 2.78. The molecule has 12 heavy (non-hydrogen) atoms. The third-order valence-electron chi connectivity index (χ3n) is 1.95. The monoisotopic (exact) mass is 198 g/mol. The molecular formula is C8H10N2S2. The maximum atomic E-state index is 5.60. The Hall–Kier alpha value is -0.480. The van der Waals surface area contributed by atoms with Crippen LogP contribution in [0, 0.1) is 6.92 Å². The Morgan fingerprint density at radius 1 is 1.67 bits per heavy atom. The highest BCUT2D eigenvalue weighted by Gasteiger charge is 2.29. The van der Waals surface area contributed by atoms with E-state index in [-0.39, 0.29) is 0 Å². The van der Waals surface area contributed by atoms with Gasteiger partial charge in [-0.3, -0.25) is 0 Å². The molecule has 0 unspecified atom stereocenters. The lowest BCUT2D eigenvalue weighted by Gasteiger charge is -1.95. The van der Waals surface area contributed by atoms with Crippen LogP contribution in [0.15, 0.2) is 0 Å². The molecule has 1 aromatic heterocycles. The van der Waals surface area contributed by atoms with Crippen molar-refractivity contribution in [3.8, 4) is 0 Å². The average Bonchev–Trinajstić information content (AvgIpc) is 2.75. The highest BCUT2D eigenvalue weighted by atomic mass is 32.1. The van der Waals surface area contributed by atoms with Crippen LogP contribution in [0.4, 0.5) is 0 Å². The molecule has 1 aromatic rings. The third kappa shape index (κ3) is 1.36. The van der Waals surface area contributed by atoms with Crippen molar-refractivity contribution >= 4 is 28.5 Å². The fourth-order valence-electron chi connectivity index (χ4n) is 1.25. The number of hydrogen-bond acceptors (Lipinski definition) is 3. The zero-order valence-corrected chi connectivity index (χ0v) is 8.47. The summed E-state index contributed by atoms with van der Waals surface area (Å²) in [5.74, 6) is 0.645. The van der Waals surface area contributed by atoms with Gasteiger partial charge in [0.25, 0.3) is 0 Å². The first-order valence-electron chi connectivity index (χ1n) is 3.95. The quantitative estimate of drug-likeness (QED) is 0.738. The van der Waals surface area contributed by atoms with E-state index in [4.69, 9.17) is 18.0 Å². The molecule has 0 radical (unpaired) electrons. The molecule has 0 saturated heterocycles. The predicted octanol–water partition coefficient (Wildman–Crippen LogP) is 1.96. The molecule has 64 valence electrons. The molecule has 1 saturated carbocycles. The van der Waals surface area contributed by atoms with Crippen molar-refractivity contribution in [1.82, 2.24) is 4.98 Å². The van der Waals surface area contributed by atoms with Crippen molar-refractivity contribution in [2.75, 3.05) is 0 Å². The van der Waals surface area contributed by atoms with Crippen LogP contribution in [-0.4, -0.2) is 9.97 Å². The topological polar surface area (TPSA) is 38.9 Å². The van der Waals surface area contributed by atoms with E-state index < -0.39 is 0 Å². The fraction of sp³-hybridized carbons (Fsp3) is 0.500. The molecule has 0 aromatic carbocycles. The van der Waals surface area contributed by atoms with E-state index in [2.05, 4.69) is 4.98 Å². The number of thiocarbonyl (C=S) groups is 1. The first-order valence-corrected chi connectivity index (χ1v) is 5.18. The summed E-state index contributed by atoms with van der Waals surface area (Å²) in [5.41, 5.74) is 6.74. The van der Waals surface area contributed by atoms with Gasteiger partial charge < -0.3 is 5.73 Å². The van der Waals surface area contributed by atoms with Gasteiger partial charge in [-0.05, 0) is 19.8 Å². The van der Waals surface area contributed by atoms with E-state index in [9.17, 15) is 0 Å². The molecule has 0 amide bonds. The van der Waals surface area contributed by atoms with Crippen molar-refractivity contribution in [1.29, 1.82) is 0 Å². The average molecular weight is 198 g/mol. The Kier molecular flexibility index (Phi) is 1.88. The molecule has 0 aliphatic heterocycles. The molecule has 1 aliphatic carbocycles. The summed E-state index contributed by atoms with van der Waals surface area (Å²) in [5, 5.41) is 1.07. The zero-order valence-electron chi connectivity index (χ0n) is 6.83. The summed E-state index contributed by atoms with van der Waals surface area (Å²) >= 11 is 6.57. The number of thiazole rings is 1. The van der Waals surface area contributed by atoms with Gasteiger partial charge in [0, 0.05) is 5.92 Å². The van der Waals surface area contributed by atoms with Crippen molar-refractivity contribution < 1.29 is 0 Å². The van der Waals surface area contributed by atoms with E-state index in [0.29, 0.717) is 10.9 Å². The van der Waals surface area contributed by atoms with Gasteiger partial charge in [0.2, 0.25) is 0 Å². The molecule has 4 heteroatoms. The second-order valence-corrected chi connectivity index (χ2v) is 4.73. The molecule has 2 N–H and O–H groups in total. The standard InChI is InChI=1S/C8H10N2S2/c1-4-10-6(5-2-3-5)7(12-4)8(9)11/h5H,2-3H2,1H3,(H2,9,11). The smallest absolute Gasteiger partial charge is 0.116 e. The minimum absolute atomic E-state index is 0.502. The summed E-state index contributed by atoms with van der Waals surface area (Å²) in [6, 6.07) is 0. The second-order valence-electron chi connectivity index (χ2n) is 3.09. The van der Waals surface area contributed by atoms with Crippen LogP contribution in [0.5, 0.6) is 0 Å².